The van der Waals surface area contributed by atoms with Gasteiger partial charge >= 0.3 is 6.18 Å². The highest BCUT2D eigenvalue weighted by Gasteiger charge is 2.56. The summed E-state index contributed by atoms with van der Waals surface area (Å²) in [6, 6.07) is 5.39. The quantitative estimate of drug-likeness (QED) is 0.596. The minimum atomic E-state index is -5.00. The molecule has 3 N–H and O–H groups in total. The number of rotatable bonds is 7. The molecule has 1 unspecified atom stereocenters. The maximum atomic E-state index is 14.1. The van der Waals surface area contributed by atoms with Crippen molar-refractivity contribution >= 4 is 40.7 Å². The van der Waals surface area contributed by atoms with Crippen molar-refractivity contribution in [2.45, 2.75) is 25.6 Å². The fourth-order valence-electron chi connectivity index (χ4n) is 4.03. The van der Waals surface area contributed by atoms with Gasteiger partial charge in [-0.2, -0.15) is 13.2 Å². The van der Waals surface area contributed by atoms with Crippen molar-refractivity contribution < 1.29 is 27.9 Å². The van der Waals surface area contributed by atoms with Crippen molar-refractivity contribution in [3.05, 3.63) is 62.6 Å². The molecule has 0 saturated heterocycles. The van der Waals surface area contributed by atoms with Gasteiger partial charge in [-0.05, 0) is 37.4 Å². The summed E-state index contributed by atoms with van der Waals surface area (Å²) in [6.07, 6.45) is -5.00. The third kappa shape index (κ3) is 4.42. The highest BCUT2D eigenvalue weighted by atomic mass is 35.5. The first-order valence-electron chi connectivity index (χ1n) is 10.1. The minimum absolute atomic E-state index is 0.0272. The fraction of sp³-hybridized carbons (Fsp3) is 0.364. The van der Waals surface area contributed by atoms with E-state index in [2.05, 4.69) is 0 Å². The van der Waals surface area contributed by atoms with Gasteiger partial charge in [0.2, 0.25) is 5.91 Å². The zero-order valence-corrected chi connectivity index (χ0v) is 19.4. The number of nitrogens with two attached hydrogens (primary N) is 1. The van der Waals surface area contributed by atoms with Gasteiger partial charge in [0.05, 0.1) is 11.3 Å². The number of benzene rings is 2. The third-order valence-electron chi connectivity index (χ3n) is 5.77. The molecule has 0 aromatic heterocycles. The molecule has 2 aromatic carbocycles. The van der Waals surface area contributed by atoms with Crippen LogP contribution in [0.15, 0.2) is 30.3 Å². The van der Waals surface area contributed by atoms with Crippen LogP contribution >= 0.6 is 23.2 Å². The Morgan fingerprint density at radius 1 is 1.18 bits per heavy atom. The van der Waals surface area contributed by atoms with Gasteiger partial charge in [-0.1, -0.05) is 43.1 Å². The van der Waals surface area contributed by atoms with E-state index in [1.165, 1.54) is 18.2 Å². The highest BCUT2D eigenvalue weighted by Crippen LogP contribution is 2.52. The third-order valence-corrected chi connectivity index (χ3v) is 6.32. The number of aliphatic hydroxyl groups is 1. The second-order valence-corrected chi connectivity index (χ2v) is 8.44. The van der Waals surface area contributed by atoms with E-state index in [9.17, 15) is 27.9 Å². The Bertz CT molecular complexity index is 1110. The second-order valence-electron chi connectivity index (χ2n) is 7.60. The summed E-state index contributed by atoms with van der Waals surface area (Å²) in [4.78, 5) is 28.4. The fourth-order valence-corrected chi connectivity index (χ4v) is 4.58. The van der Waals surface area contributed by atoms with Gasteiger partial charge in [0, 0.05) is 39.8 Å². The molecule has 0 fully saturated rings. The molecule has 178 valence electrons. The average molecular weight is 504 g/mol. The van der Waals surface area contributed by atoms with Crippen molar-refractivity contribution in [1.29, 1.82) is 0 Å². The predicted octanol–water partition coefficient (Wildman–Crippen LogP) is 4.04. The van der Waals surface area contributed by atoms with Crippen molar-refractivity contribution in [3.8, 4) is 0 Å². The molecule has 33 heavy (non-hydrogen) atoms. The summed E-state index contributed by atoms with van der Waals surface area (Å²) in [7, 11) is 0. The van der Waals surface area contributed by atoms with Crippen molar-refractivity contribution in [1.82, 2.24) is 4.90 Å². The summed E-state index contributed by atoms with van der Waals surface area (Å²) in [6.45, 7) is 5.40. The smallest absolute Gasteiger partial charge is 0.372 e. The van der Waals surface area contributed by atoms with Crippen LogP contribution in [0.4, 0.5) is 18.9 Å². The monoisotopic (exact) mass is 503 g/mol. The Morgan fingerprint density at radius 2 is 1.82 bits per heavy atom. The summed E-state index contributed by atoms with van der Waals surface area (Å²) >= 11 is 12.1. The number of fused-ring (bicyclic) bond motifs is 1. The number of hydrogen-bond donors (Lipinski definition) is 2. The van der Waals surface area contributed by atoms with Crippen molar-refractivity contribution in [2.24, 2.45) is 5.73 Å². The molecule has 0 aliphatic carbocycles. The van der Waals surface area contributed by atoms with Gasteiger partial charge < -0.3 is 20.6 Å². The average Bonchev–Trinajstić information content (AvgIpc) is 2.95. The molecule has 1 atom stereocenters. The van der Waals surface area contributed by atoms with E-state index in [1.807, 2.05) is 18.7 Å². The van der Waals surface area contributed by atoms with E-state index in [4.69, 9.17) is 28.9 Å². The van der Waals surface area contributed by atoms with Gasteiger partial charge in [-0.15, -0.1) is 0 Å². The van der Waals surface area contributed by atoms with Crippen LogP contribution in [0.2, 0.25) is 10.0 Å². The number of anilines is 1. The first-order chi connectivity index (χ1) is 15.4. The molecule has 0 saturated carbocycles. The summed E-state index contributed by atoms with van der Waals surface area (Å²) in [5.74, 6) is -2.11. The number of amides is 2. The number of primary amides is 1. The highest BCUT2D eigenvalue weighted by molar-refractivity contribution is 6.35. The maximum Gasteiger partial charge on any atom is 0.416 e. The molecule has 1 heterocycles. The lowest BCUT2D eigenvalue weighted by molar-refractivity contribution is -0.142. The van der Waals surface area contributed by atoms with E-state index < -0.39 is 40.3 Å². The number of halogens is 5. The van der Waals surface area contributed by atoms with Crippen molar-refractivity contribution in [3.63, 3.8) is 0 Å². The Kier molecular flexibility index (Phi) is 7.00. The lowest BCUT2D eigenvalue weighted by Crippen LogP contribution is -2.44. The summed E-state index contributed by atoms with van der Waals surface area (Å²) in [5, 5.41) is 11.6. The molecule has 3 rings (SSSR count). The van der Waals surface area contributed by atoms with E-state index in [0.29, 0.717) is 25.7 Å². The summed E-state index contributed by atoms with van der Waals surface area (Å²) < 4.78 is 42.4. The molecule has 0 bridgehead atoms. The maximum absolute atomic E-state index is 14.1. The molecule has 1 aliphatic heterocycles. The predicted molar refractivity (Wildman–Crippen MR) is 120 cm³/mol. The van der Waals surface area contributed by atoms with Crippen LogP contribution in [-0.4, -0.2) is 48.0 Å². The molecular weight excluding hydrogens is 482 g/mol. The molecule has 0 radical (unpaired) electrons. The molecule has 11 heteroatoms. The standard InChI is InChI=1S/C22H22Cl2F3N3O3/c1-3-29(4-2)7-8-30-17-10-12(19(28)31)9-15(22(25,26)27)18(17)21(33,20(30)32)14-6-5-13(23)11-16(14)24/h5-6,9-11,33H,3-4,7-8H2,1-2H3,(H2,28,31). The van der Waals surface area contributed by atoms with Crippen molar-refractivity contribution in [2.75, 3.05) is 31.1 Å². The first-order valence-corrected chi connectivity index (χ1v) is 10.9. The first kappa shape index (κ1) is 25.3. The minimum Gasteiger partial charge on any atom is -0.372 e. The lowest BCUT2D eigenvalue weighted by Gasteiger charge is -2.27. The number of alkyl halides is 3. The Labute approximate surface area is 198 Å². The SMILES string of the molecule is CCN(CC)CCN1C(=O)C(O)(c2ccc(Cl)cc2Cl)c2c1cc(C(N)=O)cc2C(F)(F)F. The molecule has 2 aromatic rings. The van der Waals surface area contributed by atoms with Gasteiger partial charge in [0.25, 0.3) is 5.91 Å². The number of carbonyl (C=O) groups excluding carboxylic acids is 2. The molecule has 6 nitrogen and oxygen atoms in total. The van der Waals surface area contributed by atoms with E-state index in [1.54, 1.807) is 0 Å². The Hall–Kier alpha value is -2.33. The zero-order valence-electron chi connectivity index (χ0n) is 17.8. The van der Waals surface area contributed by atoms with Crippen LogP contribution in [-0.2, 0) is 16.6 Å². The van der Waals surface area contributed by atoms with Gasteiger partial charge in [-0.25, -0.2) is 0 Å². The second kappa shape index (κ2) is 9.13. The van der Waals surface area contributed by atoms with Crippen LogP contribution in [0.1, 0.15) is 40.9 Å². The van der Waals surface area contributed by atoms with Crippen LogP contribution in [0, 0.1) is 0 Å². The van der Waals surface area contributed by atoms with E-state index in [-0.39, 0.29) is 27.8 Å². The van der Waals surface area contributed by atoms with E-state index >= 15 is 0 Å². The lowest BCUT2D eigenvalue weighted by atomic mass is 9.83. The number of nitrogens with zero attached hydrogens (tertiary/aromatic N) is 2. The topological polar surface area (TPSA) is 86.9 Å². The number of likely N-dealkylation sites (N-methyl/N-ethyl adjacent to an activating group) is 1. The molecular formula is C22H22Cl2F3N3O3. The summed E-state index contributed by atoms with van der Waals surface area (Å²) in [5.41, 5.74) is -0.457. The van der Waals surface area contributed by atoms with Crippen LogP contribution < -0.4 is 10.6 Å². The zero-order chi connectivity index (χ0) is 24.7. The Balaban J connectivity index is 2.33. The van der Waals surface area contributed by atoms with Gasteiger partial charge in [0.15, 0.2) is 5.60 Å². The largest absolute Gasteiger partial charge is 0.416 e. The van der Waals surface area contributed by atoms with Crippen LogP contribution in [0.5, 0.6) is 0 Å². The van der Waals surface area contributed by atoms with Crippen LogP contribution in [0.3, 0.4) is 0 Å². The van der Waals surface area contributed by atoms with Crippen LogP contribution in [0.25, 0.3) is 0 Å². The number of carbonyl (C=O) groups is 2. The van der Waals surface area contributed by atoms with Gasteiger partial charge in [0.1, 0.15) is 0 Å². The molecule has 0 spiro atoms. The number of hydrogen-bond acceptors (Lipinski definition) is 4. The molecule has 2 amide bonds. The van der Waals surface area contributed by atoms with E-state index in [0.717, 1.165) is 11.0 Å². The Morgan fingerprint density at radius 3 is 2.33 bits per heavy atom. The van der Waals surface area contributed by atoms with Gasteiger partial charge in [-0.3, -0.25) is 9.59 Å². The molecule has 1 aliphatic rings. The normalized spacial score (nSPS) is 18.2.